The standard InChI is InChI=1S/C21H23F3N2O2/c22-21(23,24)16-10-6-5-9-15(16)19(27)13-3-1-2-4-14-20(28)26-18-12-8-7-11-17(18)25/h5-12H,1-4,13-14,25H2,(H,26,28). The second-order valence-corrected chi connectivity index (χ2v) is 6.52. The topological polar surface area (TPSA) is 72.2 Å². The van der Waals surface area contributed by atoms with E-state index in [2.05, 4.69) is 5.32 Å². The van der Waals surface area contributed by atoms with Gasteiger partial charge in [-0.25, -0.2) is 0 Å². The maximum absolute atomic E-state index is 13.0. The molecule has 0 saturated heterocycles. The van der Waals surface area contributed by atoms with Crippen LogP contribution in [-0.4, -0.2) is 11.7 Å². The van der Waals surface area contributed by atoms with E-state index >= 15 is 0 Å². The van der Waals surface area contributed by atoms with Crippen LogP contribution in [0.1, 0.15) is 54.4 Å². The zero-order valence-electron chi connectivity index (χ0n) is 15.4. The minimum absolute atomic E-state index is 0.0554. The van der Waals surface area contributed by atoms with E-state index < -0.39 is 17.5 Å². The minimum Gasteiger partial charge on any atom is -0.397 e. The number of benzene rings is 2. The number of para-hydroxylation sites is 2. The third-order valence-corrected chi connectivity index (χ3v) is 4.33. The monoisotopic (exact) mass is 392 g/mol. The van der Waals surface area contributed by atoms with Crippen LogP contribution in [0.5, 0.6) is 0 Å². The van der Waals surface area contributed by atoms with Crippen molar-refractivity contribution in [2.75, 3.05) is 11.1 Å². The molecule has 2 aromatic carbocycles. The summed E-state index contributed by atoms with van der Waals surface area (Å²) in [5.41, 5.74) is 5.65. The number of carbonyl (C=O) groups excluding carboxylic acids is 2. The molecule has 150 valence electrons. The average Bonchev–Trinajstić information content (AvgIpc) is 2.65. The van der Waals surface area contributed by atoms with Crippen LogP contribution in [0.25, 0.3) is 0 Å². The molecule has 7 heteroatoms. The van der Waals surface area contributed by atoms with Crippen molar-refractivity contribution >= 4 is 23.1 Å². The lowest BCUT2D eigenvalue weighted by molar-refractivity contribution is -0.137. The van der Waals surface area contributed by atoms with Crippen molar-refractivity contribution < 1.29 is 22.8 Å². The number of unbranched alkanes of at least 4 members (excludes halogenated alkanes) is 3. The van der Waals surface area contributed by atoms with Crippen LogP contribution in [-0.2, 0) is 11.0 Å². The van der Waals surface area contributed by atoms with Gasteiger partial charge in [0, 0.05) is 18.4 Å². The second-order valence-electron chi connectivity index (χ2n) is 6.52. The number of ketones is 1. The van der Waals surface area contributed by atoms with E-state index in [0.29, 0.717) is 43.5 Å². The van der Waals surface area contributed by atoms with E-state index in [0.717, 1.165) is 6.07 Å². The summed E-state index contributed by atoms with van der Waals surface area (Å²) in [6.07, 6.45) is -1.67. The number of hydrogen-bond donors (Lipinski definition) is 2. The van der Waals surface area contributed by atoms with Crippen LogP contribution in [0.15, 0.2) is 48.5 Å². The molecule has 0 bridgehead atoms. The van der Waals surface area contributed by atoms with Crippen molar-refractivity contribution in [2.24, 2.45) is 0 Å². The molecule has 0 aliphatic carbocycles. The average molecular weight is 392 g/mol. The highest BCUT2D eigenvalue weighted by Crippen LogP contribution is 2.32. The van der Waals surface area contributed by atoms with Gasteiger partial charge in [-0.05, 0) is 31.0 Å². The molecule has 0 heterocycles. The fraction of sp³-hybridized carbons (Fsp3) is 0.333. The molecule has 0 aliphatic rings. The number of amides is 1. The molecule has 3 N–H and O–H groups in total. The highest BCUT2D eigenvalue weighted by Gasteiger charge is 2.34. The molecule has 0 saturated carbocycles. The van der Waals surface area contributed by atoms with Gasteiger partial charge >= 0.3 is 6.18 Å². The van der Waals surface area contributed by atoms with Crippen LogP contribution >= 0.6 is 0 Å². The molecule has 0 aromatic heterocycles. The van der Waals surface area contributed by atoms with Gasteiger partial charge in [0.1, 0.15) is 0 Å². The van der Waals surface area contributed by atoms with Crippen LogP contribution in [0.4, 0.5) is 24.5 Å². The van der Waals surface area contributed by atoms with Gasteiger partial charge in [0.2, 0.25) is 5.91 Å². The van der Waals surface area contributed by atoms with E-state index in [9.17, 15) is 22.8 Å². The predicted octanol–water partition coefficient (Wildman–Crippen LogP) is 5.45. The number of nitrogen functional groups attached to an aromatic ring is 1. The summed E-state index contributed by atoms with van der Waals surface area (Å²) in [4.78, 5) is 24.0. The van der Waals surface area contributed by atoms with Crippen molar-refractivity contribution in [1.29, 1.82) is 0 Å². The van der Waals surface area contributed by atoms with Gasteiger partial charge in [-0.15, -0.1) is 0 Å². The number of carbonyl (C=O) groups is 2. The summed E-state index contributed by atoms with van der Waals surface area (Å²) in [5, 5.41) is 2.74. The number of hydrogen-bond acceptors (Lipinski definition) is 3. The molecule has 28 heavy (non-hydrogen) atoms. The zero-order valence-corrected chi connectivity index (χ0v) is 15.4. The molecule has 0 aliphatic heterocycles. The summed E-state index contributed by atoms with van der Waals surface area (Å²) in [5.74, 6) is -0.654. The normalized spacial score (nSPS) is 11.2. The summed E-state index contributed by atoms with van der Waals surface area (Å²) in [6, 6.07) is 11.8. The van der Waals surface area contributed by atoms with E-state index in [1.54, 1.807) is 24.3 Å². The summed E-state index contributed by atoms with van der Waals surface area (Å²) < 4.78 is 38.9. The van der Waals surface area contributed by atoms with Crippen molar-refractivity contribution in [3.05, 3.63) is 59.7 Å². The Morgan fingerprint density at radius 2 is 1.46 bits per heavy atom. The first-order chi connectivity index (χ1) is 13.3. The Morgan fingerprint density at radius 1 is 0.857 bits per heavy atom. The minimum atomic E-state index is -4.54. The highest BCUT2D eigenvalue weighted by molar-refractivity contribution is 5.97. The molecule has 2 rings (SSSR count). The van der Waals surface area contributed by atoms with Crippen LogP contribution in [0, 0.1) is 0 Å². The van der Waals surface area contributed by atoms with Crippen LogP contribution < -0.4 is 11.1 Å². The summed E-state index contributed by atoms with van der Waals surface area (Å²) in [7, 11) is 0. The van der Waals surface area contributed by atoms with Crippen LogP contribution in [0.2, 0.25) is 0 Å². The Kier molecular flexibility index (Phi) is 7.61. The third kappa shape index (κ3) is 6.40. The number of nitrogens with two attached hydrogens (primary N) is 1. The maximum atomic E-state index is 13.0. The summed E-state index contributed by atoms with van der Waals surface area (Å²) >= 11 is 0. The summed E-state index contributed by atoms with van der Waals surface area (Å²) in [6.45, 7) is 0. The third-order valence-electron chi connectivity index (χ3n) is 4.33. The first-order valence-corrected chi connectivity index (χ1v) is 9.13. The van der Waals surface area contributed by atoms with E-state index in [1.165, 1.54) is 18.2 Å². The van der Waals surface area contributed by atoms with Gasteiger partial charge in [0.25, 0.3) is 0 Å². The fourth-order valence-electron chi connectivity index (χ4n) is 2.86. The molecular weight excluding hydrogens is 369 g/mol. The molecule has 4 nitrogen and oxygen atoms in total. The van der Waals surface area contributed by atoms with Crippen LogP contribution in [0.3, 0.4) is 0 Å². The highest BCUT2D eigenvalue weighted by atomic mass is 19.4. The number of Topliss-reactive ketones (excluding diaryl/α,β-unsaturated/α-hetero) is 1. The molecule has 2 aromatic rings. The lowest BCUT2D eigenvalue weighted by Crippen LogP contribution is -2.13. The van der Waals surface area contributed by atoms with Gasteiger partial charge < -0.3 is 11.1 Å². The van der Waals surface area contributed by atoms with Gasteiger partial charge in [0.15, 0.2) is 5.78 Å². The Bertz CT molecular complexity index is 819. The number of alkyl halides is 3. The molecule has 0 radical (unpaired) electrons. The quantitative estimate of drug-likeness (QED) is 0.339. The molecule has 0 atom stereocenters. The number of nitrogens with one attached hydrogen (secondary N) is 1. The SMILES string of the molecule is Nc1ccccc1NC(=O)CCCCCCC(=O)c1ccccc1C(F)(F)F. The van der Waals surface area contributed by atoms with Gasteiger partial charge in [-0.2, -0.15) is 13.2 Å². The zero-order chi connectivity index (χ0) is 20.6. The lowest BCUT2D eigenvalue weighted by atomic mass is 9.99. The molecule has 1 amide bonds. The van der Waals surface area contributed by atoms with Crippen molar-refractivity contribution in [2.45, 2.75) is 44.7 Å². The van der Waals surface area contributed by atoms with Crippen molar-refractivity contribution in [3.63, 3.8) is 0 Å². The fourth-order valence-corrected chi connectivity index (χ4v) is 2.86. The van der Waals surface area contributed by atoms with E-state index in [1.807, 2.05) is 0 Å². The van der Waals surface area contributed by atoms with Gasteiger partial charge in [0.05, 0.1) is 16.9 Å². The smallest absolute Gasteiger partial charge is 0.397 e. The maximum Gasteiger partial charge on any atom is 0.417 e. The number of halogens is 3. The number of anilines is 2. The number of rotatable bonds is 9. The van der Waals surface area contributed by atoms with Gasteiger partial charge in [-0.3, -0.25) is 9.59 Å². The first-order valence-electron chi connectivity index (χ1n) is 9.13. The van der Waals surface area contributed by atoms with E-state index in [-0.39, 0.29) is 17.9 Å². The van der Waals surface area contributed by atoms with Crippen molar-refractivity contribution in [3.8, 4) is 0 Å². The Morgan fingerprint density at radius 3 is 2.14 bits per heavy atom. The largest absolute Gasteiger partial charge is 0.417 e. The second kappa shape index (κ2) is 9.92. The first kappa shape index (κ1) is 21.5. The van der Waals surface area contributed by atoms with Gasteiger partial charge in [-0.1, -0.05) is 43.2 Å². The van der Waals surface area contributed by atoms with Crippen molar-refractivity contribution in [1.82, 2.24) is 0 Å². The van der Waals surface area contributed by atoms with E-state index in [4.69, 9.17) is 5.73 Å². The molecule has 0 unspecified atom stereocenters. The lowest BCUT2D eigenvalue weighted by Gasteiger charge is -2.11. The molecular formula is C21H23F3N2O2. The molecule has 0 spiro atoms. The Balaban J connectivity index is 1.69. The predicted molar refractivity (Wildman–Crippen MR) is 103 cm³/mol. The Hall–Kier alpha value is -2.83. The molecule has 0 fully saturated rings. The Labute approximate surface area is 161 Å².